The van der Waals surface area contributed by atoms with E-state index in [9.17, 15) is 0 Å². The molecule has 2 rings (SSSR count). The Labute approximate surface area is 104 Å². The molecule has 1 atom stereocenters. The van der Waals surface area contributed by atoms with E-state index in [0.29, 0.717) is 5.56 Å². The van der Waals surface area contributed by atoms with Crippen LogP contribution in [0.2, 0.25) is 0 Å². The van der Waals surface area contributed by atoms with Gasteiger partial charge in [-0.3, -0.25) is 0 Å². The Morgan fingerprint density at radius 1 is 1.47 bits per heavy atom. The minimum atomic E-state index is -0.0945. The number of nitriles is 1. The molecule has 1 aromatic carbocycles. The SMILES string of the molecule is N#Cc1ccc(OC2C[N]([Tl])C=N2)cc1. The molecule has 0 fully saturated rings. The predicted octanol–water partition coefficient (Wildman–Crippen LogP) is 0.691. The van der Waals surface area contributed by atoms with Crippen LogP contribution in [0.25, 0.3) is 0 Å². The van der Waals surface area contributed by atoms with E-state index in [-0.39, 0.29) is 6.23 Å². The van der Waals surface area contributed by atoms with E-state index in [4.69, 9.17) is 10.00 Å². The Hall–Kier alpha value is -1.10. The van der Waals surface area contributed by atoms with Gasteiger partial charge in [-0.05, 0) is 0 Å². The Morgan fingerprint density at radius 2 is 2.20 bits per heavy atom. The quantitative estimate of drug-likeness (QED) is 0.698. The van der Waals surface area contributed by atoms with Crippen LogP contribution in [0.3, 0.4) is 0 Å². The monoisotopic (exact) mass is 391 g/mol. The number of nitrogens with zero attached hydrogens (tertiary/aromatic N) is 3. The third kappa shape index (κ3) is 2.68. The fraction of sp³-hybridized carbons (Fsp3) is 0.200. The molecule has 0 saturated carbocycles. The summed E-state index contributed by atoms with van der Waals surface area (Å²) in [7, 11) is 0. The van der Waals surface area contributed by atoms with E-state index in [1.54, 1.807) is 24.3 Å². The second-order valence-corrected chi connectivity index (χ2v) is 5.75. The van der Waals surface area contributed by atoms with Gasteiger partial charge in [0.1, 0.15) is 0 Å². The summed E-state index contributed by atoms with van der Waals surface area (Å²) < 4.78 is 7.76. The standard InChI is InChI=1S/C10H8N3O.Tl/c11-5-8-1-3-9(4-2-8)14-10-6-12-7-13-10;/h1-4,7,10H,6H2;/q-1;+1. The van der Waals surface area contributed by atoms with E-state index in [2.05, 4.69) is 13.8 Å². The molecule has 0 aromatic heterocycles. The van der Waals surface area contributed by atoms with Crippen molar-refractivity contribution >= 4 is 32.4 Å². The third-order valence-electron chi connectivity index (χ3n) is 2.00. The molecule has 15 heavy (non-hydrogen) atoms. The predicted molar refractivity (Wildman–Crippen MR) is 56.5 cm³/mol. The first-order valence-electron chi connectivity index (χ1n) is 4.49. The zero-order valence-electron chi connectivity index (χ0n) is 8.00. The van der Waals surface area contributed by atoms with Gasteiger partial charge in [-0.1, -0.05) is 0 Å². The number of benzene rings is 1. The molecule has 0 aliphatic carbocycles. The van der Waals surface area contributed by atoms with Crippen molar-refractivity contribution in [2.75, 3.05) is 6.54 Å². The molecular formula is C10H8N3OTl. The topological polar surface area (TPSA) is 48.6 Å². The molecule has 5 heteroatoms. The fourth-order valence-corrected chi connectivity index (χ4v) is 2.27. The third-order valence-corrected chi connectivity index (χ3v) is 3.34. The second-order valence-electron chi connectivity index (χ2n) is 3.17. The molecule has 0 spiro atoms. The second kappa shape index (κ2) is 4.61. The van der Waals surface area contributed by atoms with Crippen molar-refractivity contribution in [2.24, 2.45) is 4.99 Å². The summed E-state index contributed by atoms with van der Waals surface area (Å²) in [5, 5.41) is 8.63. The van der Waals surface area contributed by atoms with Gasteiger partial charge in [0, 0.05) is 0 Å². The van der Waals surface area contributed by atoms with Crippen molar-refractivity contribution in [3.63, 3.8) is 0 Å². The molecule has 1 aliphatic heterocycles. The molecule has 0 amide bonds. The first-order chi connectivity index (χ1) is 7.28. The van der Waals surface area contributed by atoms with Crippen LogP contribution in [-0.2, 0) is 0 Å². The molecule has 1 aromatic rings. The van der Waals surface area contributed by atoms with Crippen LogP contribution in [0.5, 0.6) is 5.75 Å². The van der Waals surface area contributed by atoms with Gasteiger partial charge < -0.3 is 0 Å². The molecule has 0 bridgehead atoms. The number of aliphatic imine (C=N–C) groups is 1. The molecule has 0 saturated heterocycles. The summed E-state index contributed by atoms with van der Waals surface area (Å²) >= 11 is 0.772. The van der Waals surface area contributed by atoms with Crippen molar-refractivity contribution in [1.82, 2.24) is 2.71 Å². The van der Waals surface area contributed by atoms with Gasteiger partial charge >= 0.3 is 105 Å². The number of hydrogen-bond acceptors (Lipinski definition) is 4. The summed E-state index contributed by atoms with van der Waals surface area (Å²) in [5.41, 5.74) is 0.642. The zero-order valence-corrected chi connectivity index (χ0v) is 12.5. The first-order valence-corrected chi connectivity index (χ1v) is 6.50. The number of rotatable bonds is 2. The molecular weight excluding hydrogens is 383 g/mol. The molecule has 1 heterocycles. The van der Waals surface area contributed by atoms with Crippen LogP contribution in [-0.4, -0.2) is 47.9 Å². The van der Waals surface area contributed by atoms with E-state index in [1.165, 1.54) is 0 Å². The Kier molecular flexibility index (Phi) is 3.21. The number of ether oxygens (including phenoxy) is 1. The van der Waals surface area contributed by atoms with Crippen LogP contribution in [0.1, 0.15) is 5.56 Å². The first kappa shape index (κ1) is 10.4. The van der Waals surface area contributed by atoms with E-state index in [1.807, 2.05) is 6.34 Å². The van der Waals surface area contributed by atoms with Crippen molar-refractivity contribution < 1.29 is 4.74 Å². The van der Waals surface area contributed by atoms with Crippen molar-refractivity contribution in [3.05, 3.63) is 29.8 Å². The Morgan fingerprint density at radius 3 is 2.73 bits per heavy atom. The van der Waals surface area contributed by atoms with Crippen molar-refractivity contribution in [2.45, 2.75) is 6.23 Å². The summed E-state index contributed by atoms with van der Waals surface area (Å²) in [6, 6.07) is 9.15. The van der Waals surface area contributed by atoms with Gasteiger partial charge in [0.15, 0.2) is 0 Å². The van der Waals surface area contributed by atoms with Gasteiger partial charge in [-0.25, -0.2) is 0 Å². The van der Waals surface area contributed by atoms with E-state index in [0.717, 1.165) is 38.4 Å². The van der Waals surface area contributed by atoms with Gasteiger partial charge in [0.25, 0.3) is 0 Å². The summed E-state index contributed by atoms with van der Waals surface area (Å²) in [5.74, 6) is 0.761. The average Bonchev–Trinajstić information content (AvgIpc) is 2.65. The van der Waals surface area contributed by atoms with Crippen molar-refractivity contribution in [3.8, 4) is 11.8 Å². The van der Waals surface area contributed by atoms with Crippen LogP contribution in [0.15, 0.2) is 29.3 Å². The molecule has 0 radical (unpaired) electrons. The summed E-state index contributed by atoms with van der Waals surface area (Å²) in [4.78, 5) is 4.21. The molecule has 72 valence electrons. The van der Waals surface area contributed by atoms with E-state index < -0.39 is 0 Å². The van der Waals surface area contributed by atoms with Crippen LogP contribution in [0, 0.1) is 11.3 Å². The van der Waals surface area contributed by atoms with Crippen LogP contribution < -0.4 is 4.74 Å². The Balaban J connectivity index is 2.00. The fourth-order valence-electron chi connectivity index (χ4n) is 1.27. The van der Waals surface area contributed by atoms with E-state index >= 15 is 0 Å². The van der Waals surface area contributed by atoms with Gasteiger partial charge in [0.05, 0.1) is 0 Å². The van der Waals surface area contributed by atoms with Crippen LogP contribution in [0.4, 0.5) is 0 Å². The Bertz CT molecular complexity index is 410. The van der Waals surface area contributed by atoms with Crippen LogP contribution >= 0.6 is 0 Å². The van der Waals surface area contributed by atoms with Crippen molar-refractivity contribution in [1.29, 1.82) is 5.26 Å². The van der Waals surface area contributed by atoms with Gasteiger partial charge in [-0.15, -0.1) is 0 Å². The number of hydrogen-bond donors (Lipinski definition) is 0. The molecule has 1 aliphatic rings. The van der Waals surface area contributed by atoms with Gasteiger partial charge in [-0.2, -0.15) is 0 Å². The van der Waals surface area contributed by atoms with Gasteiger partial charge in [0.2, 0.25) is 0 Å². The summed E-state index contributed by atoms with van der Waals surface area (Å²) in [6.45, 7) is 0.838. The maximum atomic E-state index is 8.63. The maximum absolute atomic E-state index is 8.63. The molecule has 1 unspecified atom stereocenters. The normalized spacial score (nSPS) is 18.8. The average molecular weight is 391 g/mol. The minimum absolute atomic E-state index is 0.0945. The molecule has 0 N–H and O–H groups in total. The zero-order chi connectivity index (χ0) is 10.7. The molecule has 4 nitrogen and oxygen atoms in total. The summed E-state index contributed by atoms with van der Waals surface area (Å²) in [6.07, 6.45) is 1.74.